The number of carbonyl (C=O) groups excluding carboxylic acids is 2. The summed E-state index contributed by atoms with van der Waals surface area (Å²) in [7, 11) is 0. The molecule has 2 amide bonds. The van der Waals surface area contributed by atoms with Gasteiger partial charge in [0.15, 0.2) is 6.20 Å². The molecular formula is C29H35FN5O3+. The number of aryl methyl sites for hydroxylation is 1. The normalized spacial score (nSPS) is 26.9. The van der Waals surface area contributed by atoms with Crippen LogP contribution in [0.4, 0.5) is 4.39 Å². The van der Waals surface area contributed by atoms with Crippen molar-refractivity contribution in [2.45, 2.75) is 71.1 Å². The summed E-state index contributed by atoms with van der Waals surface area (Å²) in [6.45, 7) is 13.1. The maximum absolute atomic E-state index is 14.4. The van der Waals surface area contributed by atoms with Crippen LogP contribution in [0.5, 0.6) is 0 Å². The SMILES string of the molecule is Cc1ccc(-c2cc(C(C)(C)C)c3n(cc4[n+]3C3(C)CN(C(=O)C5CC(C)(O)C5)CCN3C4=O)n2)cc1F. The minimum atomic E-state index is -0.777. The van der Waals surface area contributed by atoms with E-state index in [1.807, 2.05) is 33.4 Å². The van der Waals surface area contributed by atoms with E-state index < -0.39 is 11.3 Å². The Balaban J connectivity index is 1.47. The molecule has 2 aliphatic heterocycles. The third-order valence-corrected chi connectivity index (χ3v) is 8.57. The molecule has 1 N–H and O–H groups in total. The second-order valence-electron chi connectivity index (χ2n) is 12.8. The van der Waals surface area contributed by atoms with Gasteiger partial charge in [0.05, 0.1) is 17.7 Å². The monoisotopic (exact) mass is 520 g/mol. The molecule has 1 saturated carbocycles. The molecule has 0 radical (unpaired) electrons. The molecule has 1 aromatic carbocycles. The summed E-state index contributed by atoms with van der Waals surface area (Å²) in [5.41, 5.74) is 2.30. The highest BCUT2D eigenvalue weighted by Crippen LogP contribution is 2.40. The van der Waals surface area contributed by atoms with Gasteiger partial charge in [-0.1, -0.05) is 42.5 Å². The van der Waals surface area contributed by atoms with E-state index in [9.17, 15) is 19.1 Å². The van der Waals surface area contributed by atoms with E-state index in [0.29, 0.717) is 55.0 Å². The van der Waals surface area contributed by atoms with Crippen LogP contribution in [-0.4, -0.2) is 61.6 Å². The van der Waals surface area contributed by atoms with Crippen molar-refractivity contribution in [3.63, 3.8) is 0 Å². The van der Waals surface area contributed by atoms with Crippen LogP contribution in [0.25, 0.3) is 16.9 Å². The van der Waals surface area contributed by atoms with E-state index in [1.165, 1.54) is 6.07 Å². The molecule has 8 nitrogen and oxygen atoms in total. The molecule has 1 aliphatic carbocycles. The Morgan fingerprint density at radius 3 is 2.53 bits per heavy atom. The van der Waals surface area contributed by atoms with Crippen molar-refractivity contribution in [1.29, 1.82) is 0 Å². The smallest absolute Gasteiger partial charge is 0.313 e. The summed E-state index contributed by atoms with van der Waals surface area (Å²) in [6.07, 6.45) is 2.70. The highest BCUT2D eigenvalue weighted by Gasteiger charge is 2.58. The number of nitrogens with zero attached hydrogens (tertiary/aromatic N) is 5. The van der Waals surface area contributed by atoms with Gasteiger partial charge in [0.2, 0.25) is 17.3 Å². The molecule has 1 saturated heterocycles. The number of piperazine rings is 1. The highest BCUT2D eigenvalue weighted by molar-refractivity contribution is 5.93. The number of carbonyl (C=O) groups is 2. The van der Waals surface area contributed by atoms with Crippen molar-refractivity contribution >= 4 is 17.5 Å². The summed E-state index contributed by atoms with van der Waals surface area (Å²) in [6, 6.07) is 7.09. The topological polar surface area (TPSA) is 82.0 Å². The molecule has 6 rings (SSSR count). The zero-order valence-corrected chi connectivity index (χ0v) is 22.9. The average Bonchev–Trinajstić information content (AvgIpc) is 3.31. The predicted octanol–water partition coefficient (Wildman–Crippen LogP) is 3.17. The first-order valence-corrected chi connectivity index (χ1v) is 13.3. The molecule has 38 heavy (non-hydrogen) atoms. The first-order chi connectivity index (χ1) is 17.7. The van der Waals surface area contributed by atoms with Gasteiger partial charge in [0.25, 0.3) is 0 Å². The zero-order chi connectivity index (χ0) is 27.4. The van der Waals surface area contributed by atoms with Crippen molar-refractivity contribution in [1.82, 2.24) is 19.4 Å². The number of halogens is 1. The van der Waals surface area contributed by atoms with E-state index in [0.717, 1.165) is 11.2 Å². The van der Waals surface area contributed by atoms with E-state index in [-0.39, 0.29) is 29.0 Å². The van der Waals surface area contributed by atoms with Gasteiger partial charge in [0.1, 0.15) is 11.5 Å². The Morgan fingerprint density at radius 2 is 1.89 bits per heavy atom. The third-order valence-electron chi connectivity index (χ3n) is 8.57. The van der Waals surface area contributed by atoms with Crippen LogP contribution in [0.2, 0.25) is 0 Å². The number of aromatic nitrogens is 3. The molecule has 1 unspecified atom stereocenters. The van der Waals surface area contributed by atoms with Crippen LogP contribution in [0.3, 0.4) is 0 Å². The molecule has 3 aliphatic rings. The molecule has 1 atom stereocenters. The van der Waals surface area contributed by atoms with E-state index >= 15 is 0 Å². The Kier molecular flexibility index (Phi) is 5.16. The van der Waals surface area contributed by atoms with E-state index in [4.69, 9.17) is 5.10 Å². The van der Waals surface area contributed by atoms with Crippen molar-refractivity contribution < 1.29 is 23.7 Å². The highest BCUT2D eigenvalue weighted by atomic mass is 19.1. The quantitative estimate of drug-likeness (QED) is 0.527. The largest absolute Gasteiger partial charge is 0.390 e. The number of rotatable bonds is 2. The first-order valence-electron chi connectivity index (χ1n) is 13.3. The first kappa shape index (κ1) is 25.0. The molecule has 0 spiro atoms. The van der Waals surface area contributed by atoms with Gasteiger partial charge in [-0.05, 0) is 49.8 Å². The molecule has 4 heterocycles. The number of hydrogen-bond acceptors (Lipinski definition) is 4. The average molecular weight is 521 g/mol. The van der Waals surface area contributed by atoms with Crippen molar-refractivity contribution in [3.05, 3.63) is 53.1 Å². The fourth-order valence-corrected chi connectivity index (χ4v) is 6.46. The van der Waals surface area contributed by atoms with Crippen LogP contribution < -0.4 is 4.57 Å². The maximum Gasteiger partial charge on any atom is 0.313 e. The summed E-state index contributed by atoms with van der Waals surface area (Å²) in [5.74, 6) is -0.513. The fraction of sp³-hybridized carbons (Fsp3) is 0.517. The second kappa shape index (κ2) is 7.85. The lowest BCUT2D eigenvalue weighted by Crippen LogP contribution is -2.70. The van der Waals surface area contributed by atoms with Crippen LogP contribution in [-0.2, 0) is 15.9 Å². The number of hydrogen-bond donors (Lipinski definition) is 1. The number of aliphatic hydroxyl groups is 1. The summed E-state index contributed by atoms with van der Waals surface area (Å²) in [5, 5.41) is 15.0. The number of fused-ring (bicyclic) bond motifs is 5. The van der Waals surface area contributed by atoms with Gasteiger partial charge in [-0.25, -0.2) is 4.39 Å². The Morgan fingerprint density at radius 1 is 1.18 bits per heavy atom. The van der Waals surface area contributed by atoms with Gasteiger partial charge in [-0.3, -0.25) is 14.5 Å². The van der Waals surface area contributed by atoms with Crippen LogP contribution in [0.1, 0.15) is 69.1 Å². The fourth-order valence-electron chi connectivity index (χ4n) is 6.46. The minimum Gasteiger partial charge on any atom is -0.390 e. The second-order valence-corrected chi connectivity index (χ2v) is 12.8. The lowest BCUT2D eigenvalue weighted by Gasteiger charge is -2.46. The maximum atomic E-state index is 14.4. The van der Waals surface area contributed by atoms with Gasteiger partial charge >= 0.3 is 11.6 Å². The summed E-state index contributed by atoms with van der Waals surface area (Å²) >= 11 is 0. The van der Waals surface area contributed by atoms with E-state index in [1.54, 1.807) is 30.6 Å². The number of imidazole rings is 1. The lowest BCUT2D eigenvalue weighted by atomic mass is 9.71. The van der Waals surface area contributed by atoms with Crippen LogP contribution in [0.15, 0.2) is 30.5 Å². The molecule has 2 aromatic heterocycles. The Bertz CT molecular complexity index is 1510. The predicted molar refractivity (Wildman–Crippen MR) is 139 cm³/mol. The van der Waals surface area contributed by atoms with Crippen molar-refractivity contribution in [2.75, 3.05) is 19.6 Å². The third kappa shape index (κ3) is 3.58. The summed E-state index contributed by atoms with van der Waals surface area (Å²) < 4.78 is 18.2. The van der Waals surface area contributed by atoms with Gasteiger partial charge in [-0.2, -0.15) is 4.57 Å². The standard InChI is InChI=1S/C29H35FN5O3/c1-17-7-8-18(11-21(17)30)22-12-20(27(2,3)4)24-34(31-22)15-23-26(37)33-10-9-32(16-29(33,6)35(23)24)25(36)19-13-28(5,38)14-19/h7-8,11-12,15,19,38H,9-10,13-14,16H2,1-6H3/q+1. The molecular weight excluding hydrogens is 485 g/mol. The molecule has 3 aromatic rings. The van der Waals surface area contributed by atoms with Gasteiger partial charge < -0.3 is 10.0 Å². The molecule has 0 bridgehead atoms. The van der Waals surface area contributed by atoms with E-state index in [2.05, 4.69) is 20.8 Å². The Labute approximate surface area is 221 Å². The van der Waals surface area contributed by atoms with Crippen LogP contribution in [0, 0.1) is 18.7 Å². The summed E-state index contributed by atoms with van der Waals surface area (Å²) in [4.78, 5) is 30.7. The lowest BCUT2D eigenvalue weighted by molar-refractivity contribution is -0.749. The number of benzene rings is 1. The van der Waals surface area contributed by atoms with Crippen molar-refractivity contribution in [2.24, 2.45) is 5.92 Å². The molecule has 200 valence electrons. The zero-order valence-electron chi connectivity index (χ0n) is 22.9. The van der Waals surface area contributed by atoms with Gasteiger partial charge in [-0.15, -0.1) is 0 Å². The Hall–Kier alpha value is -3.33. The minimum absolute atomic E-state index is 0.0419. The molecule has 9 heteroatoms. The van der Waals surface area contributed by atoms with Crippen LogP contribution >= 0.6 is 0 Å². The number of amides is 2. The molecule has 2 fully saturated rings. The van der Waals surface area contributed by atoms with Crippen molar-refractivity contribution in [3.8, 4) is 11.3 Å². The van der Waals surface area contributed by atoms with Gasteiger partial charge in [0, 0.05) is 31.5 Å².